The van der Waals surface area contributed by atoms with Gasteiger partial charge in [0.1, 0.15) is 6.26 Å². The predicted molar refractivity (Wildman–Crippen MR) is 57.2 cm³/mol. The maximum absolute atomic E-state index is 12.6. The highest BCUT2D eigenvalue weighted by atomic mass is 19.4. The second-order valence-corrected chi connectivity index (χ2v) is 4.51. The Morgan fingerprint density at radius 3 is 2.50 bits per heavy atom. The SMILES string of the molecule is O=C(O)c1coc(C(=O)N2CCC(O)(C(F)(F)F)C2)c1. The van der Waals surface area contributed by atoms with Gasteiger partial charge < -0.3 is 19.5 Å². The summed E-state index contributed by atoms with van der Waals surface area (Å²) in [6, 6.07) is 0.926. The fourth-order valence-electron chi connectivity index (χ4n) is 1.91. The number of furan rings is 1. The molecule has 2 heterocycles. The molecule has 2 rings (SSSR count). The fourth-order valence-corrected chi connectivity index (χ4v) is 1.91. The highest BCUT2D eigenvalue weighted by molar-refractivity contribution is 5.95. The molecule has 9 heteroatoms. The van der Waals surface area contributed by atoms with Crippen LogP contribution in [-0.2, 0) is 0 Å². The molecule has 0 bridgehead atoms. The minimum atomic E-state index is -4.84. The maximum Gasteiger partial charge on any atom is 0.419 e. The molecule has 1 amide bonds. The lowest BCUT2D eigenvalue weighted by Crippen LogP contribution is -2.48. The first-order valence-electron chi connectivity index (χ1n) is 5.54. The zero-order chi connectivity index (χ0) is 15.1. The minimum Gasteiger partial charge on any atom is -0.478 e. The summed E-state index contributed by atoms with van der Waals surface area (Å²) in [4.78, 5) is 23.3. The fraction of sp³-hybridized carbons (Fsp3) is 0.455. The van der Waals surface area contributed by atoms with Crippen molar-refractivity contribution < 1.29 is 37.4 Å². The van der Waals surface area contributed by atoms with Crippen LogP contribution in [0.1, 0.15) is 27.3 Å². The number of alkyl halides is 3. The van der Waals surface area contributed by atoms with Crippen molar-refractivity contribution in [2.45, 2.75) is 18.2 Å². The smallest absolute Gasteiger partial charge is 0.419 e. The van der Waals surface area contributed by atoms with Crippen molar-refractivity contribution in [2.75, 3.05) is 13.1 Å². The van der Waals surface area contributed by atoms with Crippen LogP contribution in [0.25, 0.3) is 0 Å². The Kier molecular flexibility index (Phi) is 3.24. The normalized spacial score (nSPS) is 23.1. The number of hydrogen-bond donors (Lipinski definition) is 2. The molecule has 2 N–H and O–H groups in total. The Morgan fingerprint density at radius 1 is 1.40 bits per heavy atom. The van der Waals surface area contributed by atoms with Gasteiger partial charge in [0.15, 0.2) is 11.4 Å². The van der Waals surface area contributed by atoms with Crippen LogP contribution in [0.2, 0.25) is 0 Å². The third-order valence-corrected chi connectivity index (χ3v) is 3.12. The summed E-state index contributed by atoms with van der Waals surface area (Å²) in [5, 5.41) is 18.1. The van der Waals surface area contributed by atoms with Crippen LogP contribution in [0.3, 0.4) is 0 Å². The summed E-state index contributed by atoms with van der Waals surface area (Å²) in [5.41, 5.74) is -3.22. The van der Waals surface area contributed by atoms with Crippen LogP contribution >= 0.6 is 0 Å². The summed E-state index contributed by atoms with van der Waals surface area (Å²) >= 11 is 0. The molecule has 1 aliphatic rings. The number of aliphatic hydroxyl groups is 1. The van der Waals surface area contributed by atoms with E-state index in [1.54, 1.807) is 0 Å². The third-order valence-electron chi connectivity index (χ3n) is 3.12. The Balaban J connectivity index is 2.13. The maximum atomic E-state index is 12.6. The summed E-state index contributed by atoms with van der Waals surface area (Å²) < 4.78 is 42.5. The molecule has 1 unspecified atom stereocenters. The molecule has 0 spiro atoms. The molecule has 110 valence electrons. The first kappa shape index (κ1) is 14.4. The topological polar surface area (TPSA) is 91.0 Å². The Hall–Kier alpha value is -2.03. The van der Waals surface area contributed by atoms with Crippen molar-refractivity contribution >= 4 is 11.9 Å². The van der Waals surface area contributed by atoms with E-state index in [0.29, 0.717) is 0 Å². The lowest BCUT2D eigenvalue weighted by atomic mass is 10.0. The first-order valence-corrected chi connectivity index (χ1v) is 5.54. The molecule has 1 atom stereocenters. The number of carboxylic acids is 1. The molecule has 1 aromatic heterocycles. The molecule has 0 aliphatic carbocycles. The van der Waals surface area contributed by atoms with Crippen LogP contribution in [0, 0.1) is 0 Å². The van der Waals surface area contributed by atoms with Crippen LogP contribution in [-0.4, -0.2) is 51.9 Å². The average molecular weight is 293 g/mol. The number of rotatable bonds is 2. The molecule has 0 radical (unpaired) electrons. The molecule has 20 heavy (non-hydrogen) atoms. The Bertz CT molecular complexity index is 552. The first-order chi connectivity index (χ1) is 9.14. The van der Waals surface area contributed by atoms with E-state index >= 15 is 0 Å². The highest BCUT2D eigenvalue weighted by Gasteiger charge is 2.58. The van der Waals surface area contributed by atoms with Gasteiger partial charge in [-0.25, -0.2) is 4.79 Å². The second-order valence-electron chi connectivity index (χ2n) is 4.51. The van der Waals surface area contributed by atoms with Crippen molar-refractivity contribution in [2.24, 2.45) is 0 Å². The van der Waals surface area contributed by atoms with Gasteiger partial charge in [0.2, 0.25) is 0 Å². The van der Waals surface area contributed by atoms with Crippen LogP contribution < -0.4 is 0 Å². The minimum absolute atomic E-state index is 0.279. The molecule has 1 fully saturated rings. The number of β-amino-alcohol motifs (C(OH)–C–C–N with tert-alkyl or cyclic N) is 1. The van der Waals surface area contributed by atoms with Crippen LogP contribution in [0.15, 0.2) is 16.7 Å². The molecule has 1 saturated heterocycles. The molecule has 0 saturated carbocycles. The van der Waals surface area contributed by atoms with Gasteiger partial charge in [-0.3, -0.25) is 4.79 Å². The number of nitrogens with zero attached hydrogens (tertiary/aromatic N) is 1. The number of amides is 1. The number of carboxylic acid groups (broad SMARTS) is 1. The summed E-state index contributed by atoms with van der Waals surface area (Å²) in [6.07, 6.45) is -4.65. The summed E-state index contributed by atoms with van der Waals surface area (Å²) in [5.74, 6) is -2.59. The van der Waals surface area contributed by atoms with Gasteiger partial charge >= 0.3 is 12.1 Å². The number of hydrogen-bond acceptors (Lipinski definition) is 4. The van der Waals surface area contributed by atoms with E-state index in [4.69, 9.17) is 9.52 Å². The standard InChI is InChI=1S/C11H10F3NO5/c12-11(13,14)10(19)1-2-15(5-10)8(16)7-3-6(4-20-7)9(17)18/h3-4,19H,1-2,5H2,(H,17,18). The van der Waals surface area contributed by atoms with E-state index in [2.05, 4.69) is 0 Å². The number of likely N-dealkylation sites (tertiary alicyclic amines) is 1. The molecular formula is C11H10F3NO5. The van der Waals surface area contributed by atoms with Gasteiger partial charge in [-0.1, -0.05) is 0 Å². The van der Waals surface area contributed by atoms with Gasteiger partial charge in [0.05, 0.1) is 12.1 Å². The van der Waals surface area contributed by atoms with Crippen molar-refractivity contribution in [3.8, 4) is 0 Å². The Morgan fingerprint density at radius 2 is 2.05 bits per heavy atom. The van der Waals surface area contributed by atoms with Gasteiger partial charge in [0.25, 0.3) is 5.91 Å². The zero-order valence-corrected chi connectivity index (χ0v) is 9.98. The molecule has 0 aromatic carbocycles. The van der Waals surface area contributed by atoms with E-state index < -0.39 is 36.6 Å². The quantitative estimate of drug-likeness (QED) is 0.852. The molecule has 1 aliphatic heterocycles. The van der Waals surface area contributed by atoms with Crippen molar-refractivity contribution in [3.05, 3.63) is 23.7 Å². The summed E-state index contributed by atoms with van der Waals surface area (Å²) in [7, 11) is 0. The van der Waals surface area contributed by atoms with Crippen LogP contribution in [0.5, 0.6) is 0 Å². The number of halogens is 3. The third kappa shape index (κ3) is 2.36. The number of carbonyl (C=O) groups excluding carboxylic acids is 1. The lowest BCUT2D eigenvalue weighted by Gasteiger charge is -2.25. The van der Waals surface area contributed by atoms with Gasteiger partial charge in [-0.2, -0.15) is 13.2 Å². The molecule has 6 nitrogen and oxygen atoms in total. The molecule has 1 aromatic rings. The van der Waals surface area contributed by atoms with E-state index in [0.717, 1.165) is 17.2 Å². The van der Waals surface area contributed by atoms with E-state index in [1.807, 2.05) is 0 Å². The molecular weight excluding hydrogens is 283 g/mol. The average Bonchev–Trinajstić information content (AvgIpc) is 2.94. The van der Waals surface area contributed by atoms with Crippen LogP contribution in [0.4, 0.5) is 13.2 Å². The largest absolute Gasteiger partial charge is 0.478 e. The van der Waals surface area contributed by atoms with Crippen molar-refractivity contribution in [1.82, 2.24) is 4.90 Å². The summed E-state index contributed by atoms with van der Waals surface area (Å²) in [6.45, 7) is -1.20. The predicted octanol–water partition coefficient (Wildman–Crippen LogP) is 1.12. The lowest BCUT2D eigenvalue weighted by molar-refractivity contribution is -0.253. The highest BCUT2D eigenvalue weighted by Crippen LogP contribution is 2.38. The van der Waals surface area contributed by atoms with E-state index in [-0.39, 0.29) is 17.9 Å². The van der Waals surface area contributed by atoms with E-state index in [1.165, 1.54) is 0 Å². The monoisotopic (exact) mass is 293 g/mol. The van der Waals surface area contributed by atoms with Gasteiger partial charge in [-0.05, 0) is 0 Å². The van der Waals surface area contributed by atoms with E-state index in [9.17, 15) is 27.9 Å². The van der Waals surface area contributed by atoms with Gasteiger partial charge in [-0.15, -0.1) is 0 Å². The van der Waals surface area contributed by atoms with Crippen molar-refractivity contribution in [3.63, 3.8) is 0 Å². The van der Waals surface area contributed by atoms with Gasteiger partial charge in [0, 0.05) is 19.0 Å². The second kappa shape index (κ2) is 4.51. The Labute approximate surface area is 110 Å². The number of aromatic carboxylic acids is 1. The number of carbonyl (C=O) groups is 2. The zero-order valence-electron chi connectivity index (χ0n) is 9.98. The van der Waals surface area contributed by atoms with Crippen molar-refractivity contribution in [1.29, 1.82) is 0 Å².